The number of aromatic nitrogens is 2. The predicted molar refractivity (Wildman–Crippen MR) is 126 cm³/mol. The number of hydrogen-bond acceptors (Lipinski definition) is 5. The van der Waals surface area contributed by atoms with Crippen LogP contribution in [0.4, 0.5) is 26.3 Å². The summed E-state index contributed by atoms with van der Waals surface area (Å²) in [6, 6.07) is 12.7. The van der Waals surface area contributed by atoms with Crippen LogP contribution in [0.5, 0.6) is 0 Å². The number of pyridine rings is 1. The molecule has 2 aromatic heterocycles. The van der Waals surface area contributed by atoms with E-state index < -0.39 is 29.9 Å². The Balaban J connectivity index is 0.000000479. The van der Waals surface area contributed by atoms with Gasteiger partial charge in [-0.05, 0) is 57.9 Å². The number of carboxylic acids is 1. The van der Waals surface area contributed by atoms with Crippen molar-refractivity contribution in [2.45, 2.75) is 18.4 Å². The summed E-state index contributed by atoms with van der Waals surface area (Å²) >= 11 is 4.73. The number of benzene rings is 2. The van der Waals surface area contributed by atoms with E-state index in [1.807, 2.05) is 6.07 Å². The van der Waals surface area contributed by atoms with Gasteiger partial charge in [0.15, 0.2) is 0 Å². The van der Waals surface area contributed by atoms with Crippen molar-refractivity contribution < 1.29 is 41.0 Å². The van der Waals surface area contributed by atoms with Crippen molar-refractivity contribution in [3.8, 4) is 0 Å². The summed E-state index contributed by atoms with van der Waals surface area (Å²) in [5.41, 5.74) is 3.04. The van der Waals surface area contributed by atoms with Gasteiger partial charge in [0.2, 0.25) is 0 Å². The van der Waals surface area contributed by atoms with Crippen LogP contribution in [-0.4, -0.2) is 33.1 Å². The molecule has 1 amide bonds. The molecule has 1 unspecified atom stereocenters. The fraction of sp³-hybridized carbons (Fsp3) is 0.130. The van der Waals surface area contributed by atoms with E-state index in [2.05, 4.69) is 31.2 Å². The van der Waals surface area contributed by atoms with E-state index in [0.29, 0.717) is 20.6 Å². The first-order chi connectivity index (χ1) is 17.3. The molecule has 0 saturated carbocycles. The second-order valence-corrected chi connectivity index (χ2v) is 9.42. The number of carboxylic acid groups (broad SMARTS) is 1. The van der Waals surface area contributed by atoms with Crippen LogP contribution in [0.15, 0.2) is 70.1 Å². The first-order valence-corrected chi connectivity index (χ1v) is 11.7. The highest BCUT2D eigenvalue weighted by atomic mass is 79.9. The van der Waals surface area contributed by atoms with Gasteiger partial charge >= 0.3 is 18.3 Å². The third-order valence-electron chi connectivity index (χ3n) is 4.78. The monoisotopic (exact) mass is 605 g/mol. The molecule has 4 aromatic rings. The van der Waals surface area contributed by atoms with Crippen LogP contribution < -0.4 is 5.32 Å². The summed E-state index contributed by atoms with van der Waals surface area (Å²) in [6.07, 6.45) is -7.85. The van der Waals surface area contributed by atoms with Gasteiger partial charge in [0.1, 0.15) is 0 Å². The molecule has 0 radical (unpaired) electrons. The van der Waals surface area contributed by atoms with E-state index in [0.717, 1.165) is 23.0 Å². The average molecular weight is 606 g/mol. The van der Waals surface area contributed by atoms with Crippen LogP contribution >= 0.6 is 27.3 Å². The Labute approximate surface area is 217 Å². The number of rotatable bonds is 4. The Bertz CT molecular complexity index is 1410. The van der Waals surface area contributed by atoms with Gasteiger partial charge in [0.25, 0.3) is 5.91 Å². The SMILES string of the molecule is O=C(NC(c1ccc(C(F)(F)F)cc1)c1ncsc1Br)c1ccc2ncccc2c1.O=C(O)C(F)(F)F. The lowest BCUT2D eigenvalue weighted by Gasteiger charge is -2.19. The standard InChI is InChI=1S/C21H13BrF3N3OS.C2HF3O2/c22-19-18(27-11-30-19)17(12-3-6-15(7-4-12)21(23,24)25)28-20(29)14-5-8-16-13(10-14)2-1-9-26-16;3-2(4,5)1(6)7/h1-11,17H,(H,28,29);(H,6,7). The number of fused-ring (bicyclic) bond motifs is 1. The van der Waals surface area contributed by atoms with Crippen molar-refractivity contribution in [3.63, 3.8) is 0 Å². The predicted octanol–water partition coefficient (Wildman–Crippen LogP) is 6.63. The van der Waals surface area contributed by atoms with Crippen molar-refractivity contribution in [3.05, 3.63) is 92.5 Å². The average Bonchev–Trinajstić information content (AvgIpc) is 3.27. The minimum absolute atomic E-state index is 0.370. The lowest BCUT2D eigenvalue weighted by molar-refractivity contribution is -0.192. The topological polar surface area (TPSA) is 92.2 Å². The van der Waals surface area contributed by atoms with Crippen molar-refractivity contribution in [1.82, 2.24) is 15.3 Å². The zero-order valence-corrected chi connectivity index (χ0v) is 20.5. The lowest BCUT2D eigenvalue weighted by atomic mass is 10.0. The zero-order valence-electron chi connectivity index (χ0n) is 18.1. The number of nitrogens with zero attached hydrogens (tertiary/aromatic N) is 2. The Morgan fingerprint density at radius 2 is 1.62 bits per heavy atom. The summed E-state index contributed by atoms with van der Waals surface area (Å²) in [5.74, 6) is -3.13. The van der Waals surface area contributed by atoms with Crippen molar-refractivity contribution in [1.29, 1.82) is 0 Å². The highest BCUT2D eigenvalue weighted by Gasteiger charge is 2.38. The first-order valence-electron chi connectivity index (χ1n) is 9.99. The summed E-state index contributed by atoms with van der Waals surface area (Å²) in [5, 5.41) is 10.8. The van der Waals surface area contributed by atoms with Crippen LogP contribution in [0.3, 0.4) is 0 Å². The largest absolute Gasteiger partial charge is 0.490 e. The second kappa shape index (κ2) is 11.3. The molecule has 2 N–H and O–H groups in total. The number of carbonyl (C=O) groups excluding carboxylic acids is 1. The van der Waals surface area contributed by atoms with E-state index in [4.69, 9.17) is 9.90 Å². The Hall–Kier alpha value is -3.52. The number of carbonyl (C=O) groups is 2. The van der Waals surface area contributed by atoms with Crippen molar-refractivity contribution >= 4 is 50.0 Å². The van der Waals surface area contributed by atoms with E-state index in [1.54, 1.807) is 36.0 Å². The minimum Gasteiger partial charge on any atom is -0.475 e. The van der Waals surface area contributed by atoms with Gasteiger partial charge in [-0.3, -0.25) is 9.78 Å². The molecule has 2 heterocycles. The Morgan fingerprint density at radius 1 is 0.973 bits per heavy atom. The van der Waals surface area contributed by atoms with Gasteiger partial charge < -0.3 is 10.4 Å². The van der Waals surface area contributed by atoms with Crippen LogP contribution in [-0.2, 0) is 11.0 Å². The van der Waals surface area contributed by atoms with Gasteiger partial charge in [-0.15, -0.1) is 11.3 Å². The normalized spacial score (nSPS) is 12.4. The number of thiazole rings is 1. The molecule has 0 saturated heterocycles. The second-order valence-electron chi connectivity index (χ2n) is 7.25. The summed E-state index contributed by atoms with van der Waals surface area (Å²) in [7, 11) is 0. The van der Waals surface area contributed by atoms with E-state index in [-0.39, 0.29) is 5.91 Å². The number of aliphatic carboxylic acids is 1. The van der Waals surface area contributed by atoms with Gasteiger partial charge in [0, 0.05) is 17.1 Å². The molecule has 6 nitrogen and oxygen atoms in total. The molecular weight excluding hydrogens is 592 g/mol. The van der Waals surface area contributed by atoms with E-state index >= 15 is 0 Å². The Morgan fingerprint density at radius 3 is 2.16 bits per heavy atom. The van der Waals surface area contributed by atoms with Crippen LogP contribution in [0.1, 0.15) is 33.2 Å². The number of alkyl halides is 6. The van der Waals surface area contributed by atoms with Crippen LogP contribution in [0.2, 0.25) is 0 Å². The fourth-order valence-corrected chi connectivity index (χ4v) is 4.17. The number of hydrogen-bond donors (Lipinski definition) is 2. The molecule has 1 atom stereocenters. The Kier molecular flexibility index (Phi) is 8.53. The molecule has 0 aliphatic rings. The third kappa shape index (κ3) is 7.26. The highest BCUT2D eigenvalue weighted by molar-refractivity contribution is 9.11. The maximum atomic E-state index is 13.0. The summed E-state index contributed by atoms with van der Waals surface area (Å²) in [6.45, 7) is 0. The molecule has 0 fully saturated rings. The highest BCUT2D eigenvalue weighted by Crippen LogP contribution is 2.34. The third-order valence-corrected chi connectivity index (χ3v) is 6.37. The molecule has 2 aromatic carbocycles. The molecular formula is C23H14BrF6N3O3S. The van der Waals surface area contributed by atoms with Crippen molar-refractivity contribution in [2.24, 2.45) is 0 Å². The maximum absolute atomic E-state index is 13.0. The quantitative estimate of drug-likeness (QED) is 0.255. The summed E-state index contributed by atoms with van der Waals surface area (Å²) in [4.78, 5) is 30.4. The molecule has 4 rings (SSSR count). The lowest BCUT2D eigenvalue weighted by Crippen LogP contribution is -2.29. The van der Waals surface area contributed by atoms with Gasteiger partial charge in [-0.1, -0.05) is 18.2 Å². The number of halogens is 7. The number of amides is 1. The van der Waals surface area contributed by atoms with Gasteiger partial charge in [-0.25, -0.2) is 9.78 Å². The van der Waals surface area contributed by atoms with Gasteiger partial charge in [-0.2, -0.15) is 26.3 Å². The molecule has 37 heavy (non-hydrogen) atoms. The number of nitrogens with one attached hydrogen (secondary N) is 1. The molecule has 0 spiro atoms. The van der Waals surface area contributed by atoms with Crippen molar-refractivity contribution in [2.75, 3.05) is 0 Å². The minimum atomic E-state index is -5.08. The maximum Gasteiger partial charge on any atom is 0.490 e. The fourth-order valence-electron chi connectivity index (χ4n) is 3.03. The van der Waals surface area contributed by atoms with Gasteiger partial charge in [0.05, 0.1) is 32.1 Å². The van der Waals surface area contributed by atoms with E-state index in [9.17, 15) is 31.1 Å². The van der Waals surface area contributed by atoms with Crippen LogP contribution in [0, 0.1) is 0 Å². The molecule has 14 heteroatoms. The smallest absolute Gasteiger partial charge is 0.475 e. The van der Waals surface area contributed by atoms with E-state index in [1.165, 1.54) is 23.5 Å². The molecule has 0 aliphatic carbocycles. The van der Waals surface area contributed by atoms with Crippen LogP contribution in [0.25, 0.3) is 10.9 Å². The first kappa shape index (κ1) is 28.1. The summed E-state index contributed by atoms with van der Waals surface area (Å²) < 4.78 is 71.2. The molecule has 0 aliphatic heterocycles. The molecule has 194 valence electrons. The zero-order chi connectivity index (χ0) is 27.4. The molecule has 0 bridgehead atoms.